The van der Waals surface area contributed by atoms with E-state index in [9.17, 15) is 0 Å². The van der Waals surface area contributed by atoms with E-state index in [2.05, 4.69) is 223 Å². The number of anilines is 6. The van der Waals surface area contributed by atoms with Crippen LogP contribution in [0.3, 0.4) is 0 Å². The number of allylic oxidation sites excluding steroid dienone is 2. The van der Waals surface area contributed by atoms with Crippen molar-refractivity contribution in [3.63, 3.8) is 0 Å². The highest BCUT2D eigenvalue weighted by molar-refractivity contribution is 5.88. The number of nitrogens with zero attached hydrogens (tertiary/aromatic N) is 10. The summed E-state index contributed by atoms with van der Waals surface area (Å²) in [5.41, 5.74) is 17.7. The zero-order valence-electron chi connectivity index (χ0n) is 71.6. The molecule has 6 aliphatic carbocycles. The maximum absolute atomic E-state index is 6.13. The molecule has 2 atom stereocenters. The lowest BCUT2D eigenvalue weighted by Gasteiger charge is -2.56. The fourth-order valence-electron chi connectivity index (χ4n) is 17.9. The van der Waals surface area contributed by atoms with Gasteiger partial charge >= 0.3 is 0 Å². The van der Waals surface area contributed by atoms with Gasteiger partial charge in [0.1, 0.15) is 86.9 Å². The Labute approximate surface area is 716 Å². The fourth-order valence-corrected chi connectivity index (χ4v) is 17.9. The molecule has 10 aromatic heterocycles. The zero-order chi connectivity index (χ0) is 83.3. The lowest BCUT2D eigenvalue weighted by Crippen LogP contribution is -2.47. The Bertz CT molecular complexity index is 6180. The maximum Gasteiger partial charge on any atom is 0.181 e. The monoisotopic (exact) mass is 1620 g/mol. The second kappa shape index (κ2) is 37.9. The molecule has 0 radical (unpaired) electrons. The number of benzene rings is 6. The number of hydrogen-bond acceptors (Lipinski definition) is 13. The minimum atomic E-state index is 0.359. The summed E-state index contributed by atoms with van der Waals surface area (Å²) in [4.78, 5) is 24.5. The van der Waals surface area contributed by atoms with Gasteiger partial charge in [0, 0.05) is 78.9 Å². The van der Waals surface area contributed by atoms with Crippen molar-refractivity contribution < 1.29 is 14.2 Å². The van der Waals surface area contributed by atoms with Gasteiger partial charge in [0.25, 0.3) is 0 Å². The lowest BCUT2D eigenvalue weighted by atomic mass is 9.48. The summed E-state index contributed by atoms with van der Waals surface area (Å²) in [7, 11) is 3.35. The Balaban J connectivity index is 0.000000109. The van der Waals surface area contributed by atoms with Crippen molar-refractivity contribution in [3.8, 4) is 39.8 Å². The molecule has 1 unspecified atom stereocenters. The number of methoxy groups -OCH3 is 2. The van der Waals surface area contributed by atoms with Crippen LogP contribution in [-0.2, 0) is 13.2 Å². The van der Waals surface area contributed by atoms with Crippen LogP contribution < -0.4 is 40.8 Å². The van der Waals surface area contributed by atoms with Gasteiger partial charge in [-0.3, -0.25) is 22.0 Å². The molecule has 10 heterocycles. The van der Waals surface area contributed by atoms with Crippen molar-refractivity contribution in [2.45, 2.75) is 174 Å². The van der Waals surface area contributed by atoms with E-state index in [1.807, 2.05) is 134 Å². The third kappa shape index (κ3) is 18.4. The first-order chi connectivity index (χ1) is 59.9. The van der Waals surface area contributed by atoms with Gasteiger partial charge in [-0.2, -0.15) is 0 Å². The van der Waals surface area contributed by atoms with Crippen LogP contribution in [0.15, 0.2) is 274 Å². The van der Waals surface area contributed by atoms with E-state index in [0.717, 1.165) is 121 Å². The van der Waals surface area contributed by atoms with Crippen molar-refractivity contribution in [2.24, 2.45) is 17.3 Å². The number of fused-ring (bicyclic) bond motifs is 7. The topological polar surface area (TPSA) is 174 Å². The molecule has 0 spiro atoms. The van der Waals surface area contributed by atoms with E-state index >= 15 is 0 Å². The van der Waals surface area contributed by atoms with E-state index < -0.39 is 0 Å². The summed E-state index contributed by atoms with van der Waals surface area (Å²) in [5.74, 6) is 10.6. The Morgan fingerprint density at radius 3 is 1.54 bits per heavy atom. The van der Waals surface area contributed by atoms with Gasteiger partial charge in [-0.15, -0.1) is 0 Å². The van der Waals surface area contributed by atoms with Crippen LogP contribution in [0.5, 0.6) is 17.2 Å². The molecular weight excluding hydrogens is 1510 g/mol. The Morgan fingerprint density at radius 2 is 0.975 bits per heavy atom. The van der Waals surface area contributed by atoms with Gasteiger partial charge in [-0.05, 0) is 230 Å². The van der Waals surface area contributed by atoms with Crippen molar-refractivity contribution >= 4 is 79.4 Å². The highest BCUT2D eigenvalue weighted by Crippen LogP contribution is 2.62. The van der Waals surface area contributed by atoms with E-state index in [0.29, 0.717) is 41.9 Å². The Hall–Kier alpha value is -12.8. The van der Waals surface area contributed by atoms with Crippen LogP contribution in [0.2, 0.25) is 0 Å². The average Bonchev–Trinajstić information content (AvgIpc) is 1.24. The molecule has 6 aromatic carbocycles. The average molecular weight is 1620 g/mol. The number of rotatable bonds is 23. The number of unbranched alkanes of at least 4 members (excludes halogenated alkanes) is 1. The van der Waals surface area contributed by atoms with Gasteiger partial charge in [0.2, 0.25) is 0 Å². The quantitative estimate of drug-likeness (QED) is 0.0383. The SMILES string of the molecule is CC(C)c1nc2c(OCc3ccccc3)cccn2c1NC1CCCCC1.CC1(C)C2CC=C(c3nc4ccccn4c3NC3CCCCC3)[C@@H]1C2.CCCCNc1c(C2CC2)nc2ccccn12.COc1ccc(-c2nc3ccccn3c2NCc2ccccc2)cc1.COc1ccc(-c2nc3ccccn3c2Nc2ccc3ccccc3c2)cc1. The molecular formula is C104H115N15O3. The van der Waals surface area contributed by atoms with E-state index in [1.54, 1.807) is 14.2 Å². The second-order valence-corrected chi connectivity index (χ2v) is 34.0. The van der Waals surface area contributed by atoms with Crippen molar-refractivity contribution in [2.75, 3.05) is 47.3 Å². The fraction of sp³-hybridized carbons (Fsp3) is 0.317. The molecule has 624 valence electrons. The van der Waals surface area contributed by atoms with Gasteiger partial charge in [-0.1, -0.05) is 201 Å². The van der Waals surface area contributed by atoms with E-state index in [4.69, 9.17) is 39.1 Å². The summed E-state index contributed by atoms with van der Waals surface area (Å²) in [5, 5.41) is 20.8. The van der Waals surface area contributed by atoms with Crippen molar-refractivity contribution in [1.82, 2.24) is 46.9 Å². The maximum atomic E-state index is 6.13. The number of imidazole rings is 5. The van der Waals surface area contributed by atoms with E-state index in [1.165, 1.54) is 148 Å². The number of ether oxygens (including phenoxy) is 3. The van der Waals surface area contributed by atoms with Crippen LogP contribution in [0, 0.1) is 17.3 Å². The van der Waals surface area contributed by atoms with Gasteiger partial charge < -0.3 is 40.8 Å². The third-order valence-corrected chi connectivity index (χ3v) is 25.0. The van der Waals surface area contributed by atoms with Crippen molar-refractivity contribution in [3.05, 3.63) is 302 Å². The first-order valence-electron chi connectivity index (χ1n) is 44.3. The van der Waals surface area contributed by atoms with E-state index in [-0.39, 0.29) is 0 Å². The summed E-state index contributed by atoms with van der Waals surface area (Å²) in [6, 6.07) is 81.2. The summed E-state index contributed by atoms with van der Waals surface area (Å²) >= 11 is 0. The molecule has 4 fully saturated rings. The minimum absolute atomic E-state index is 0.359. The molecule has 22 rings (SSSR count). The standard InChI is InChI=1S/C24H19N3O.C23H29N3O.C22H29N3.C21H19N3O.C14H19N3/c1-28-21-13-10-18(11-14-21)23-24(27-15-5-4-8-22(27)26-23)25-20-12-9-17-6-2-3-7-19(17)16-20;1-17(2)21-23(24-19-12-7-4-8-13-19)26-15-9-14-20(22(26)25-21)27-16-18-10-5-3-6-11-18;1-22(2)15-11-12-17(18(22)14-15)20-21(23-16-8-4-3-5-9-16)25-13-7-6-10-19(25)24-20;1-25-18-12-10-17(11-13-18)20-21(22-15-16-7-3-2-4-8-16)24-14-6-5-9-19(24)23-20;1-2-3-9-15-14-13(11-7-8-11)16-12-6-4-5-10-17(12)14/h2-16,25H,1H3;3,5-6,9-11,14-15,17,19,24H,4,7-8,12-13,16H2,1-2H3;6-7,10,12-13,15-16,18,23H,3-5,8-9,11,14H2,1-2H3;2-14,22H,15H2,1H3;4-6,10-11,15H,2-3,7-9H2,1H3/t;;15?,18-;;/m..0../s1. The van der Waals surface area contributed by atoms with Crippen LogP contribution in [0.1, 0.15) is 177 Å². The largest absolute Gasteiger partial charge is 0.497 e. The molecule has 0 aliphatic heterocycles. The molecule has 0 saturated heterocycles. The molecule has 122 heavy (non-hydrogen) atoms. The lowest BCUT2D eigenvalue weighted by molar-refractivity contribution is 0.0111. The van der Waals surface area contributed by atoms with Crippen molar-refractivity contribution in [1.29, 1.82) is 0 Å². The van der Waals surface area contributed by atoms with Gasteiger partial charge in [-0.25, -0.2) is 24.9 Å². The highest BCUT2D eigenvalue weighted by Gasteiger charge is 2.52. The predicted molar refractivity (Wildman–Crippen MR) is 500 cm³/mol. The number of pyridine rings is 5. The smallest absolute Gasteiger partial charge is 0.181 e. The first kappa shape index (κ1) is 81.5. The number of aromatic nitrogens is 10. The molecule has 4 saturated carbocycles. The molecule has 2 bridgehead atoms. The van der Waals surface area contributed by atoms with Crippen LogP contribution in [0.4, 0.5) is 34.8 Å². The Morgan fingerprint density at radius 1 is 0.459 bits per heavy atom. The Kier molecular flexibility index (Phi) is 25.3. The molecule has 5 N–H and O–H groups in total. The van der Waals surface area contributed by atoms with Crippen LogP contribution in [0.25, 0.3) is 67.1 Å². The first-order valence-corrected chi connectivity index (χ1v) is 44.3. The number of hydrogen-bond donors (Lipinski definition) is 5. The predicted octanol–water partition coefficient (Wildman–Crippen LogP) is 25.3. The van der Waals surface area contributed by atoms with Gasteiger partial charge in [0.05, 0.1) is 25.6 Å². The normalized spacial score (nSPS) is 16.1. The van der Waals surface area contributed by atoms with Crippen LogP contribution in [-0.4, -0.2) is 79.8 Å². The number of nitrogens with one attached hydrogen (secondary N) is 5. The second-order valence-electron chi connectivity index (χ2n) is 34.0. The summed E-state index contributed by atoms with van der Waals surface area (Å²) < 4.78 is 27.5. The zero-order valence-corrected chi connectivity index (χ0v) is 71.6. The molecule has 0 amide bonds. The van der Waals surface area contributed by atoms with Gasteiger partial charge in [0.15, 0.2) is 11.4 Å². The molecule has 16 aromatic rings. The molecule has 18 heteroatoms. The summed E-state index contributed by atoms with van der Waals surface area (Å²) in [6.45, 7) is 13.9. The minimum Gasteiger partial charge on any atom is -0.497 e. The third-order valence-electron chi connectivity index (χ3n) is 25.0. The highest BCUT2D eigenvalue weighted by atomic mass is 16.5. The molecule has 6 aliphatic rings. The molecule has 18 nitrogen and oxygen atoms in total. The summed E-state index contributed by atoms with van der Waals surface area (Å²) in [6.07, 6.45) is 33.6. The van der Waals surface area contributed by atoms with Crippen LogP contribution >= 0.6 is 0 Å².